The SMILES string of the molecule is COC(=O)N1C[C@H](c2cc(C)nc3ccnn23)OCC1C(C)C.FC(F)(F)C1CCCCC1. The highest BCUT2D eigenvalue weighted by molar-refractivity contribution is 5.68. The van der Waals surface area contributed by atoms with E-state index in [1.165, 1.54) is 7.11 Å². The fourth-order valence-corrected chi connectivity index (χ4v) is 4.46. The minimum Gasteiger partial charge on any atom is -0.453 e. The van der Waals surface area contributed by atoms with Crippen LogP contribution in [0.3, 0.4) is 0 Å². The van der Waals surface area contributed by atoms with E-state index < -0.39 is 12.1 Å². The van der Waals surface area contributed by atoms with E-state index in [0.717, 1.165) is 36.3 Å². The molecule has 1 saturated heterocycles. The van der Waals surface area contributed by atoms with Crippen LogP contribution in [-0.2, 0) is 9.47 Å². The van der Waals surface area contributed by atoms with E-state index in [-0.39, 0.29) is 18.2 Å². The topological polar surface area (TPSA) is 69.0 Å². The molecular weight excluding hydrogens is 437 g/mol. The zero-order chi connectivity index (χ0) is 24.2. The summed E-state index contributed by atoms with van der Waals surface area (Å²) < 4.78 is 48.6. The van der Waals surface area contributed by atoms with Crippen molar-refractivity contribution in [3.8, 4) is 0 Å². The van der Waals surface area contributed by atoms with Crippen LogP contribution in [0.1, 0.15) is 63.4 Å². The van der Waals surface area contributed by atoms with Crippen molar-refractivity contribution in [2.24, 2.45) is 11.8 Å². The minimum absolute atomic E-state index is 0.00902. The second kappa shape index (κ2) is 10.7. The molecule has 3 heterocycles. The third kappa shape index (κ3) is 6.16. The molecule has 1 unspecified atom stereocenters. The summed E-state index contributed by atoms with van der Waals surface area (Å²) in [6, 6.07) is 3.82. The number of amides is 1. The average Bonchev–Trinajstić information content (AvgIpc) is 3.26. The van der Waals surface area contributed by atoms with Crippen LogP contribution in [-0.4, -0.2) is 58.1 Å². The Balaban J connectivity index is 0.000000257. The number of aromatic nitrogens is 3. The van der Waals surface area contributed by atoms with Crippen LogP contribution in [0.2, 0.25) is 0 Å². The first-order valence-corrected chi connectivity index (χ1v) is 11.5. The molecular formula is C23H33F3N4O3. The fourth-order valence-electron chi connectivity index (χ4n) is 4.46. The van der Waals surface area contributed by atoms with Crippen LogP contribution in [0.15, 0.2) is 18.3 Å². The molecule has 0 N–H and O–H groups in total. The molecule has 2 aliphatic rings. The maximum absolute atomic E-state index is 12.2. The van der Waals surface area contributed by atoms with Crippen LogP contribution >= 0.6 is 0 Å². The number of ether oxygens (including phenoxy) is 2. The highest BCUT2D eigenvalue weighted by Crippen LogP contribution is 2.37. The highest BCUT2D eigenvalue weighted by atomic mass is 19.4. The van der Waals surface area contributed by atoms with Crippen molar-refractivity contribution in [2.45, 2.75) is 71.2 Å². The monoisotopic (exact) mass is 470 g/mol. The van der Waals surface area contributed by atoms with Gasteiger partial charge in [-0.2, -0.15) is 18.3 Å². The van der Waals surface area contributed by atoms with Gasteiger partial charge in [-0.25, -0.2) is 14.3 Å². The Bertz CT molecular complexity index is 925. The maximum Gasteiger partial charge on any atom is 0.409 e. The highest BCUT2D eigenvalue weighted by Gasteiger charge is 2.39. The Hall–Kier alpha value is -2.36. The Morgan fingerprint density at radius 3 is 2.52 bits per heavy atom. The zero-order valence-electron chi connectivity index (χ0n) is 19.6. The molecule has 4 rings (SSSR count). The van der Waals surface area contributed by atoms with E-state index in [9.17, 15) is 18.0 Å². The second-order valence-electron chi connectivity index (χ2n) is 9.06. The summed E-state index contributed by atoms with van der Waals surface area (Å²) in [6.45, 7) is 7.00. The van der Waals surface area contributed by atoms with Gasteiger partial charge in [0.2, 0.25) is 0 Å². The van der Waals surface area contributed by atoms with Crippen molar-refractivity contribution in [3.63, 3.8) is 0 Å². The predicted molar refractivity (Wildman–Crippen MR) is 117 cm³/mol. The molecule has 2 aromatic rings. The smallest absolute Gasteiger partial charge is 0.409 e. The van der Waals surface area contributed by atoms with E-state index in [0.29, 0.717) is 31.9 Å². The minimum atomic E-state index is -3.93. The summed E-state index contributed by atoms with van der Waals surface area (Å²) in [7, 11) is 1.41. The van der Waals surface area contributed by atoms with Crippen LogP contribution in [0, 0.1) is 18.8 Å². The van der Waals surface area contributed by atoms with Crippen LogP contribution in [0.5, 0.6) is 0 Å². The van der Waals surface area contributed by atoms with Crippen molar-refractivity contribution in [3.05, 3.63) is 29.7 Å². The van der Waals surface area contributed by atoms with Crippen LogP contribution in [0.4, 0.5) is 18.0 Å². The summed E-state index contributed by atoms with van der Waals surface area (Å²) in [5, 5.41) is 4.32. The number of methoxy groups -OCH3 is 1. The molecule has 33 heavy (non-hydrogen) atoms. The van der Waals surface area contributed by atoms with Gasteiger partial charge in [-0.05, 0) is 31.7 Å². The Labute approximate surface area is 192 Å². The molecule has 2 aromatic heterocycles. The molecule has 10 heteroatoms. The van der Waals surface area contributed by atoms with Gasteiger partial charge < -0.3 is 9.47 Å². The molecule has 2 fully saturated rings. The molecule has 0 radical (unpaired) electrons. The first-order chi connectivity index (χ1) is 15.6. The van der Waals surface area contributed by atoms with E-state index in [1.54, 1.807) is 15.6 Å². The second-order valence-corrected chi connectivity index (χ2v) is 9.06. The van der Waals surface area contributed by atoms with Gasteiger partial charge >= 0.3 is 12.3 Å². The van der Waals surface area contributed by atoms with Gasteiger partial charge in [0.25, 0.3) is 0 Å². The van der Waals surface area contributed by atoms with Gasteiger partial charge in [0.1, 0.15) is 6.10 Å². The molecule has 0 bridgehead atoms. The lowest BCUT2D eigenvalue weighted by Gasteiger charge is -2.40. The lowest BCUT2D eigenvalue weighted by Crippen LogP contribution is -2.52. The quantitative estimate of drug-likeness (QED) is 0.593. The first-order valence-electron chi connectivity index (χ1n) is 11.5. The summed E-state index contributed by atoms with van der Waals surface area (Å²) in [6.07, 6.45) is 0.393. The maximum atomic E-state index is 12.2. The van der Waals surface area contributed by atoms with Gasteiger partial charge in [0, 0.05) is 11.8 Å². The number of fused-ring (bicyclic) bond motifs is 1. The molecule has 2 atom stereocenters. The zero-order valence-corrected chi connectivity index (χ0v) is 19.6. The van der Waals surface area contributed by atoms with Crippen LogP contribution in [0.25, 0.3) is 5.65 Å². The number of nitrogens with zero attached hydrogens (tertiary/aromatic N) is 4. The fraction of sp³-hybridized carbons (Fsp3) is 0.696. The van der Waals surface area contributed by atoms with Crippen molar-refractivity contribution in [1.82, 2.24) is 19.5 Å². The molecule has 0 aromatic carbocycles. The third-order valence-corrected chi connectivity index (χ3v) is 6.32. The van der Waals surface area contributed by atoms with E-state index in [1.807, 2.05) is 19.1 Å². The summed E-state index contributed by atoms with van der Waals surface area (Å²) in [5.74, 6) is -0.708. The number of carbonyl (C=O) groups excluding carboxylic acids is 1. The Morgan fingerprint density at radius 1 is 1.24 bits per heavy atom. The number of alkyl halides is 3. The van der Waals surface area contributed by atoms with Gasteiger partial charge in [-0.1, -0.05) is 33.1 Å². The van der Waals surface area contributed by atoms with Gasteiger partial charge in [0.05, 0.1) is 44.1 Å². The lowest BCUT2D eigenvalue weighted by molar-refractivity contribution is -0.181. The number of rotatable bonds is 2. The summed E-state index contributed by atoms with van der Waals surface area (Å²) in [5.41, 5.74) is 2.57. The third-order valence-electron chi connectivity index (χ3n) is 6.32. The molecule has 1 aliphatic heterocycles. The molecule has 0 spiro atoms. The van der Waals surface area contributed by atoms with Crippen molar-refractivity contribution < 1.29 is 27.4 Å². The molecule has 1 saturated carbocycles. The standard InChI is InChI=1S/C16H22N4O3.C7H11F3/c1-10(2)13-9-23-14(8-19(13)16(21)22-4)12-7-11(3)18-15-5-6-17-20(12)15;8-7(9,10)6-4-2-1-3-5-6/h5-7,10,13-14H,8-9H2,1-4H3;6H,1-5H2/t13?,14-;/m1./s1. The lowest BCUT2D eigenvalue weighted by atomic mass is 9.89. The van der Waals surface area contributed by atoms with Gasteiger partial charge in [-0.3, -0.25) is 4.90 Å². The van der Waals surface area contributed by atoms with Crippen molar-refractivity contribution in [1.29, 1.82) is 0 Å². The summed E-state index contributed by atoms with van der Waals surface area (Å²) >= 11 is 0. The summed E-state index contributed by atoms with van der Waals surface area (Å²) in [4.78, 5) is 18.4. The molecule has 7 nitrogen and oxygen atoms in total. The number of morpholine rings is 1. The largest absolute Gasteiger partial charge is 0.453 e. The van der Waals surface area contributed by atoms with Gasteiger partial charge in [-0.15, -0.1) is 0 Å². The van der Waals surface area contributed by atoms with Crippen LogP contribution < -0.4 is 0 Å². The molecule has 1 amide bonds. The first kappa shape index (κ1) is 25.3. The van der Waals surface area contributed by atoms with E-state index >= 15 is 0 Å². The number of carbonyl (C=O) groups is 1. The van der Waals surface area contributed by atoms with E-state index in [4.69, 9.17) is 9.47 Å². The Morgan fingerprint density at radius 2 is 1.94 bits per heavy atom. The Kier molecular flexibility index (Phi) is 8.20. The molecule has 184 valence electrons. The molecule has 1 aliphatic carbocycles. The van der Waals surface area contributed by atoms with Gasteiger partial charge in [0.15, 0.2) is 5.65 Å². The number of hydrogen-bond acceptors (Lipinski definition) is 5. The number of halogens is 3. The average molecular weight is 471 g/mol. The number of hydrogen-bond donors (Lipinski definition) is 0. The number of aryl methyl sites for hydroxylation is 1. The normalized spacial score (nSPS) is 22.2. The van der Waals surface area contributed by atoms with Crippen molar-refractivity contribution >= 4 is 11.7 Å². The van der Waals surface area contributed by atoms with Crippen molar-refractivity contribution in [2.75, 3.05) is 20.3 Å². The predicted octanol–water partition coefficient (Wildman–Crippen LogP) is 5.33. The van der Waals surface area contributed by atoms with E-state index in [2.05, 4.69) is 23.9 Å².